The number of ether oxygens (including phenoxy) is 1. The van der Waals surface area contributed by atoms with Gasteiger partial charge in [-0.15, -0.1) is 0 Å². The molecule has 0 aliphatic heterocycles. The molecule has 2 rings (SSSR count). The monoisotopic (exact) mass is 293 g/mol. The molecular formula is C13H8ClNO5. The van der Waals surface area contributed by atoms with Gasteiger partial charge >= 0.3 is 11.7 Å². The van der Waals surface area contributed by atoms with Crippen LogP contribution in [0.5, 0.6) is 11.5 Å². The van der Waals surface area contributed by atoms with Gasteiger partial charge in [-0.2, -0.15) is 0 Å². The molecule has 6 nitrogen and oxygen atoms in total. The zero-order valence-corrected chi connectivity index (χ0v) is 10.7. The first kappa shape index (κ1) is 13.8. The van der Waals surface area contributed by atoms with Crippen molar-refractivity contribution in [2.75, 3.05) is 0 Å². The Morgan fingerprint density at radius 1 is 1.15 bits per heavy atom. The summed E-state index contributed by atoms with van der Waals surface area (Å²) in [7, 11) is 0. The number of nitro groups is 1. The van der Waals surface area contributed by atoms with Gasteiger partial charge < -0.3 is 9.84 Å². The van der Waals surface area contributed by atoms with Crippen LogP contribution in [-0.4, -0.2) is 16.0 Å². The number of para-hydroxylation sites is 2. The number of carboxylic acids is 1. The maximum absolute atomic E-state index is 11.1. The van der Waals surface area contributed by atoms with Crippen LogP contribution in [0.15, 0.2) is 42.5 Å². The number of benzene rings is 2. The van der Waals surface area contributed by atoms with Gasteiger partial charge in [0.25, 0.3) is 0 Å². The van der Waals surface area contributed by atoms with E-state index in [0.29, 0.717) is 0 Å². The zero-order chi connectivity index (χ0) is 14.7. The van der Waals surface area contributed by atoms with E-state index in [4.69, 9.17) is 21.4 Å². The summed E-state index contributed by atoms with van der Waals surface area (Å²) < 4.78 is 5.36. The van der Waals surface area contributed by atoms with Gasteiger partial charge in [0.2, 0.25) is 5.75 Å². The van der Waals surface area contributed by atoms with Crippen molar-refractivity contribution in [3.8, 4) is 11.5 Å². The molecule has 2 aromatic rings. The van der Waals surface area contributed by atoms with Crippen molar-refractivity contribution in [2.45, 2.75) is 0 Å². The maximum Gasteiger partial charge on any atom is 0.342 e. The van der Waals surface area contributed by atoms with Crippen LogP contribution < -0.4 is 4.74 Å². The lowest BCUT2D eigenvalue weighted by Gasteiger charge is -2.08. The predicted octanol–water partition coefficient (Wildman–Crippen LogP) is 3.74. The third kappa shape index (κ3) is 2.70. The number of nitro benzene ring substituents is 1. The SMILES string of the molecule is O=C(O)c1cccc(Oc2ccccc2Cl)c1[N+](=O)[O-]. The van der Waals surface area contributed by atoms with Crippen LogP contribution >= 0.6 is 11.6 Å². The Hall–Kier alpha value is -2.60. The van der Waals surface area contributed by atoms with Crippen molar-refractivity contribution in [1.82, 2.24) is 0 Å². The summed E-state index contributed by atoms with van der Waals surface area (Å²) in [5.74, 6) is -1.37. The highest BCUT2D eigenvalue weighted by Crippen LogP contribution is 2.36. The fraction of sp³-hybridized carbons (Fsp3) is 0. The van der Waals surface area contributed by atoms with E-state index in [9.17, 15) is 14.9 Å². The Balaban J connectivity index is 2.52. The molecule has 20 heavy (non-hydrogen) atoms. The highest BCUT2D eigenvalue weighted by Gasteiger charge is 2.26. The minimum Gasteiger partial charge on any atom is -0.477 e. The van der Waals surface area contributed by atoms with Gasteiger partial charge in [0.05, 0.1) is 9.95 Å². The van der Waals surface area contributed by atoms with Gasteiger partial charge in [-0.3, -0.25) is 10.1 Å². The van der Waals surface area contributed by atoms with E-state index in [1.54, 1.807) is 18.2 Å². The van der Waals surface area contributed by atoms with E-state index in [1.165, 1.54) is 18.2 Å². The highest BCUT2D eigenvalue weighted by molar-refractivity contribution is 6.32. The summed E-state index contributed by atoms with van der Waals surface area (Å²) in [6, 6.07) is 10.2. The van der Waals surface area contributed by atoms with Crippen LogP contribution in [0.25, 0.3) is 0 Å². The van der Waals surface area contributed by atoms with Crippen LogP contribution in [0, 0.1) is 10.1 Å². The van der Waals surface area contributed by atoms with E-state index >= 15 is 0 Å². The molecule has 0 unspecified atom stereocenters. The van der Waals surface area contributed by atoms with Crippen LogP contribution in [-0.2, 0) is 0 Å². The maximum atomic E-state index is 11.1. The lowest BCUT2D eigenvalue weighted by molar-refractivity contribution is -0.386. The Bertz CT molecular complexity index is 686. The fourth-order valence-corrected chi connectivity index (χ4v) is 1.79. The van der Waals surface area contributed by atoms with Crippen LogP contribution in [0.2, 0.25) is 5.02 Å². The molecule has 0 atom stereocenters. The van der Waals surface area contributed by atoms with E-state index in [1.807, 2.05) is 0 Å². The number of hydrogen-bond donors (Lipinski definition) is 1. The van der Waals surface area contributed by atoms with Crippen LogP contribution in [0.4, 0.5) is 5.69 Å². The lowest BCUT2D eigenvalue weighted by atomic mass is 10.1. The Morgan fingerprint density at radius 2 is 1.80 bits per heavy atom. The molecule has 0 saturated heterocycles. The quantitative estimate of drug-likeness (QED) is 0.685. The zero-order valence-electron chi connectivity index (χ0n) is 9.95. The second-order valence-electron chi connectivity index (χ2n) is 3.75. The van der Waals surface area contributed by atoms with Gasteiger partial charge in [0.1, 0.15) is 11.3 Å². The van der Waals surface area contributed by atoms with Crippen molar-refractivity contribution in [3.63, 3.8) is 0 Å². The molecule has 0 amide bonds. The smallest absolute Gasteiger partial charge is 0.342 e. The summed E-state index contributed by atoms with van der Waals surface area (Å²) in [5, 5.41) is 20.3. The molecule has 0 aliphatic rings. The molecule has 0 aromatic heterocycles. The third-order valence-electron chi connectivity index (χ3n) is 2.47. The van der Waals surface area contributed by atoms with Crippen molar-refractivity contribution in [1.29, 1.82) is 0 Å². The second-order valence-corrected chi connectivity index (χ2v) is 4.15. The summed E-state index contributed by atoms with van der Waals surface area (Å²) in [5.41, 5.74) is -1.06. The Labute approximate surface area is 118 Å². The molecule has 102 valence electrons. The van der Waals surface area contributed by atoms with Crippen LogP contribution in [0.1, 0.15) is 10.4 Å². The Morgan fingerprint density at radius 3 is 2.40 bits per heavy atom. The van der Waals surface area contributed by atoms with E-state index < -0.39 is 22.1 Å². The molecule has 2 aromatic carbocycles. The van der Waals surface area contributed by atoms with Crippen LogP contribution in [0.3, 0.4) is 0 Å². The molecule has 0 spiro atoms. The molecule has 1 N–H and O–H groups in total. The van der Waals surface area contributed by atoms with Crippen molar-refractivity contribution in [3.05, 3.63) is 63.2 Å². The first-order chi connectivity index (χ1) is 9.50. The number of nitrogens with zero attached hydrogens (tertiary/aromatic N) is 1. The highest BCUT2D eigenvalue weighted by atomic mass is 35.5. The minimum absolute atomic E-state index is 0.178. The van der Waals surface area contributed by atoms with Gasteiger partial charge in [-0.05, 0) is 24.3 Å². The molecular weight excluding hydrogens is 286 g/mol. The number of carboxylic acid groups (broad SMARTS) is 1. The molecule has 7 heteroatoms. The lowest BCUT2D eigenvalue weighted by Crippen LogP contribution is -2.04. The topological polar surface area (TPSA) is 89.7 Å². The molecule has 0 radical (unpaired) electrons. The first-order valence-corrected chi connectivity index (χ1v) is 5.81. The molecule has 0 aliphatic carbocycles. The Kier molecular flexibility index (Phi) is 3.86. The average molecular weight is 294 g/mol. The minimum atomic E-state index is -1.40. The molecule has 0 heterocycles. The van der Waals surface area contributed by atoms with Crippen molar-refractivity contribution < 1.29 is 19.6 Å². The van der Waals surface area contributed by atoms with Gasteiger partial charge in [-0.25, -0.2) is 4.79 Å². The second kappa shape index (κ2) is 5.58. The number of hydrogen-bond acceptors (Lipinski definition) is 4. The number of rotatable bonds is 4. The van der Waals surface area contributed by atoms with Gasteiger partial charge in [0.15, 0.2) is 0 Å². The van der Waals surface area contributed by atoms with E-state index in [-0.39, 0.29) is 16.5 Å². The first-order valence-electron chi connectivity index (χ1n) is 5.44. The van der Waals surface area contributed by atoms with Crippen molar-refractivity contribution in [2.24, 2.45) is 0 Å². The number of carbonyl (C=O) groups is 1. The van der Waals surface area contributed by atoms with E-state index in [2.05, 4.69) is 0 Å². The summed E-state index contributed by atoms with van der Waals surface area (Å²) in [6.07, 6.45) is 0. The fourth-order valence-electron chi connectivity index (χ4n) is 1.61. The molecule has 0 fully saturated rings. The largest absolute Gasteiger partial charge is 0.477 e. The normalized spacial score (nSPS) is 10.1. The summed E-state index contributed by atoms with van der Waals surface area (Å²) in [4.78, 5) is 21.3. The predicted molar refractivity (Wildman–Crippen MR) is 71.6 cm³/mol. The third-order valence-corrected chi connectivity index (χ3v) is 2.78. The summed E-state index contributed by atoms with van der Waals surface area (Å²) >= 11 is 5.90. The number of aromatic carboxylic acids is 1. The summed E-state index contributed by atoms with van der Waals surface area (Å²) in [6.45, 7) is 0. The average Bonchev–Trinajstić information content (AvgIpc) is 2.40. The van der Waals surface area contributed by atoms with E-state index in [0.717, 1.165) is 6.07 Å². The van der Waals surface area contributed by atoms with Gasteiger partial charge in [-0.1, -0.05) is 29.8 Å². The van der Waals surface area contributed by atoms with Gasteiger partial charge in [0, 0.05) is 0 Å². The molecule has 0 bridgehead atoms. The molecule has 0 saturated carbocycles. The standard InChI is InChI=1S/C13H8ClNO5/c14-9-5-1-2-6-10(9)20-11-7-3-4-8(13(16)17)12(11)15(18)19/h1-7H,(H,16,17). The van der Waals surface area contributed by atoms with Crippen molar-refractivity contribution >= 4 is 23.3 Å². The number of halogens is 1.